The lowest BCUT2D eigenvalue weighted by Crippen LogP contribution is -2.23. The maximum atomic E-state index is 11.8. The third kappa shape index (κ3) is 5.88. The van der Waals surface area contributed by atoms with Gasteiger partial charge in [-0.05, 0) is 25.3 Å². The normalized spacial score (nSPS) is 17.3. The number of thiophene rings is 1. The van der Waals surface area contributed by atoms with E-state index in [1.165, 1.54) is 0 Å². The van der Waals surface area contributed by atoms with Crippen LogP contribution in [0.15, 0.2) is 11.4 Å². The van der Waals surface area contributed by atoms with Crippen LogP contribution in [0.4, 0.5) is 0 Å². The van der Waals surface area contributed by atoms with Crippen LogP contribution in [0.25, 0.3) is 0 Å². The molecule has 5 heteroatoms. The highest BCUT2D eigenvalue weighted by atomic mass is 32.1. The molecule has 0 aliphatic carbocycles. The Morgan fingerprint density at radius 1 is 1.57 bits per heavy atom. The number of hydrogen-bond acceptors (Lipinski definition) is 4. The summed E-state index contributed by atoms with van der Waals surface area (Å²) in [6.07, 6.45) is 4.29. The first-order chi connectivity index (χ1) is 10.3. The summed E-state index contributed by atoms with van der Waals surface area (Å²) in [5.74, 6) is 5.95. The Morgan fingerprint density at radius 2 is 2.48 bits per heavy atom. The number of aliphatic hydroxyl groups is 1. The number of carbonyl (C=O) groups excluding carboxylic acids is 1. The lowest BCUT2D eigenvalue weighted by molar-refractivity contribution is -0.121. The second-order valence-corrected chi connectivity index (χ2v) is 6.02. The predicted octanol–water partition coefficient (Wildman–Crippen LogP) is 2.06. The van der Waals surface area contributed by atoms with E-state index in [2.05, 4.69) is 17.2 Å². The van der Waals surface area contributed by atoms with E-state index in [0.717, 1.165) is 36.3 Å². The van der Waals surface area contributed by atoms with E-state index in [-0.39, 0.29) is 18.6 Å². The summed E-state index contributed by atoms with van der Waals surface area (Å²) in [6.45, 7) is 1.48. The fourth-order valence-electron chi connectivity index (χ4n) is 2.20. The van der Waals surface area contributed by atoms with E-state index in [1.807, 2.05) is 11.4 Å². The smallest absolute Gasteiger partial charge is 0.220 e. The Labute approximate surface area is 129 Å². The molecule has 1 aromatic heterocycles. The van der Waals surface area contributed by atoms with Crippen molar-refractivity contribution in [1.82, 2.24) is 5.32 Å². The number of nitrogens with one attached hydrogen (secondary N) is 1. The van der Waals surface area contributed by atoms with Crippen molar-refractivity contribution in [2.24, 2.45) is 0 Å². The highest BCUT2D eigenvalue weighted by molar-refractivity contribution is 7.10. The maximum absolute atomic E-state index is 11.8. The molecule has 0 spiro atoms. The van der Waals surface area contributed by atoms with Gasteiger partial charge in [-0.25, -0.2) is 0 Å². The quantitative estimate of drug-likeness (QED) is 0.791. The van der Waals surface area contributed by atoms with Gasteiger partial charge in [0.25, 0.3) is 0 Å². The van der Waals surface area contributed by atoms with E-state index in [1.54, 1.807) is 11.3 Å². The van der Waals surface area contributed by atoms with Crippen LogP contribution in [-0.2, 0) is 16.1 Å². The van der Waals surface area contributed by atoms with Gasteiger partial charge in [0.1, 0.15) is 0 Å². The lowest BCUT2D eigenvalue weighted by Gasteiger charge is -2.08. The summed E-state index contributed by atoms with van der Waals surface area (Å²) in [5.41, 5.74) is 0.942. The van der Waals surface area contributed by atoms with Gasteiger partial charge in [0, 0.05) is 35.3 Å². The van der Waals surface area contributed by atoms with Crippen LogP contribution in [0.2, 0.25) is 0 Å². The molecular formula is C16H21NO3S. The van der Waals surface area contributed by atoms with Crippen molar-refractivity contribution in [1.29, 1.82) is 0 Å². The largest absolute Gasteiger partial charge is 0.395 e. The van der Waals surface area contributed by atoms with E-state index < -0.39 is 0 Å². The molecule has 2 N–H and O–H groups in total. The molecule has 114 valence electrons. The van der Waals surface area contributed by atoms with E-state index >= 15 is 0 Å². The first-order valence-corrected chi connectivity index (χ1v) is 8.21. The number of carbonyl (C=O) groups is 1. The van der Waals surface area contributed by atoms with Crippen LogP contribution >= 0.6 is 11.3 Å². The number of hydrogen-bond donors (Lipinski definition) is 2. The highest BCUT2D eigenvalue weighted by Gasteiger charge is 2.16. The third-order valence-corrected chi connectivity index (χ3v) is 4.24. The molecule has 1 saturated heterocycles. The molecule has 1 aromatic rings. The van der Waals surface area contributed by atoms with Crippen molar-refractivity contribution >= 4 is 17.2 Å². The van der Waals surface area contributed by atoms with Gasteiger partial charge in [0.2, 0.25) is 5.91 Å². The molecule has 0 saturated carbocycles. The zero-order valence-electron chi connectivity index (χ0n) is 12.1. The molecule has 0 aromatic carbocycles. The molecule has 1 aliphatic heterocycles. The first kappa shape index (κ1) is 16.0. The average Bonchev–Trinajstić information content (AvgIpc) is 3.15. The van der Waals surface area contributed by atoms with Gasteiger partial charge in [-0.2, -0.15) is 0 Å². The maximum Gasteiger partial charge on any atom is 0.220 e. The van der Waals surface area contributed by atoms with Crippen LogP contribution in [0.5, 0.6) is 0 Å². The Morgan fingerprint density at radius 3 is 3.24 bits per heavy atom. The summed E-state index contributed by atoms with van der Waals surface area (Å²) in [4.78, 5) is 12.9. The lowest BCUT2D eigenvalue weighted by atomic mass is 10.1. The minimum atomic E-state index is 0.0758. The van der Waals surface area contributed by atoms with Gasteiger partial charge >= 0.3 is 0 Å². The van der Waals surface area contributed by atoms with E-state index in [0.29, 0.717) is 19.4 Å². The van der Waals surface area contributed by atoms with Crippen molar-refractivity contribution < 1.29 is 14.6 Å². The minimum Gasteiger partial charge on any atom is -0.395 e. The Balaban J connectivity index is 1.67. The van der Waals surface area contributed by atoms with E-state index in [4.69, 9.17) is 9.84 Å². The molecule has 0 radical (unpaired) electrons. The molecule has 1 amide bonds. The summed E-state index contributed by atoms with van der Waals surface area (Å²) in [5, 5.41) is 13.6. The molecule has 21 heavy (non-hydrogen) atoms. The number of rotatable bonds is 6. The topological polar surface area (TPSA) is 58.6 Å². The van der Waals surface area contributed by atoms with Gasteiger partial charge in [-0.3, -0.25) is 4.79 Å². The third-order valence-electron chi connectivity index (χ3n) is 3.30. The van der Waals surface area contributed by atoms with Gasteiger partial charge in [-0.1, -0.05) is 11.8 Å². The molecule has 1 aliphatic rings. The molecule has 1 unspecified atom stereocenters. The molecule has 1 atom stereocenters. The summed E-state index contributed by atoms with van der Waals surface area (Å²) < 4.78 is 5.51. The first-order valence-electron chi connectivity index (χ1n) is 7.33. The van der Waals surface area contributed by atoms with Crippen molar-refractivity contribution in [2.75, 3.05) is 13.2 Å². The SMILES string of the molecule is O=C(CCC1CCCO1)NCc1cc(C#CCCO)cs1. The second-order valence-electron chi connectivity index (χ2n) is 5.03. The Hall–Kier alpha value is -1.35. The van der Waals surface area contributed by atoms with Crippen LogP contribution in [0.3, 0.4) is 0 Å². The zero-order chi connectivity index (χ0) is 14.9. The number of ether oxygens (including phenoxy) is 1. The molecule has 2 rings (SSSR count). The molecule has 2 heterocycles. The molecule has 4 nitrogen and oxygen atoms in total. The van der Waals surface area contributed by atoms with Crippen molar-refractivity contribution in [3.05, 3.63) is 21.9 Å². The number of amides is 1. The van der Waals surface area contributed by atoms with Crippen molar-refractivity contribution in [2.45, 2.75) is 44.8 Å². The fraction of sp³-hybridized carbons (Fsp3) is 0.562. The standard InChI is InChI=1S/C16H21NO3S/c18-8-2-1-4-13-10-15(21-12-13)11-17-16(19)7-6-14-5-3-9-20-14/h10,12,14,18H,2-3,5-9,11H2,(H,17,19). The zero-order valence-corrected chi connectivity index (χ0v) is 12.9. The molecular weight excluding hydrogens is 286 g/mol. The highest BCUT2D eigenvalue weighted by Crippen LogP contribution is 2.17. The molecule has 1 fully saturated rings. The van der Waals surface area contributed by atoms with Crippen LogP contribution in [0.1, 0.15) is 42.5 Å². The molecule has 0 bridgehead atoms. The van der Waals surface area contributed by atoms with Crippen LogP contribution < -0.4 is 5.32 Å². The number of aliphatic hydroxyl groups excluding tert-OH is 1. The van der Waals surface area contributed by atoms with E-state index in [9.17, 15) is 4.79 Å². The summed E-state index contributed by atoms with van der Waals surface area (Å²) >= 11 is 1.59. The van der Waals surface area contributed by atoms with Crippen LogP contribution in [0, 0.1) is 11.8 Å². The minimum absolute atomic E-state index is 0.0758. The fourth-order valence-corrected chi connectivity index (χ4v) is 2.95. The van der Waals surface area contributed by atoms with Gasteiger partial charge < -0.3 is 15.2 Å². The van der Waals surface area contributed by atoms with Gasteiger partial charge in [0.05, 0.1) is 19.3 Å². The van der Waals surface area contributed by atoms with Crippen molar-refractivity contribution in [3.63, 3.8) is 0 Å². The Kier molecular flexibility index (Phi) is 6.74. The Bertz CT molecular complexity index is 509. The summed E-state index contributed by atoms with van der Waals surface area (Å²) in [6, 6.07) is 1.98. The monoisotopic (exact) mass is 307 g/mol. The predicted molar refractivity (Wildman–Crippen MR) is 83.0 cm³/mol. The van der Waals surface area contributed by atoms with Crippen LogP contribution in [-0.4, -0.2) is 30.3 Å². The second kappa shape index (κ2) is 8.83. The average molecular weight is 307 g/mol. The summed E-state index contributed by atoms with van der Waals surface area (Å²) in [7, 11) is 0. The van der Waals surface area contributed by atoms with Crippen molar-refractivity contribution in [3.8, 4) is 11.8 Å². The van der Waals surface area contributed by atoms with Gasteiger partial charge in [0.15, 0.2) is 0 Å². The van der Waals surface area contributed by atoms with Gasteiger partial charge in [-0.15, -0.1) is 11.3 Å².